The number of nitrogens with one attached hydrogen (secondary N) is 1. The summed E-state index contributed by atoms with van der Waals surface area (Å²) in [4.78, 5) is 17.1. The van der Waals surface area contributed by atoms with E-state index in [1.54, 1.807) is 6.92 Å². The molecule has 1 aromatic heterocycles. The van der Waals surface area contributed by atoms with Gasteiger partial charge in [-0.3, -0.25) is 4.79 Å². The fraction of sp³-hybridized carbons (Fsp3) is 0.429. The molecular formula is C21H18BrF7N2O3. The van der Waals surface area contributed by atoms with Crippen LogP contribution in [-0.2, 0) is 9.53 Å². The summed E-state index contributed by atoms with van der Waals surface area (Å²) in [6.07, 6.45) is -5.52. The highest BCUT2D eigenvalue weighted by Crippen LogP contribution is 2.55. The van der Waals surface area contributed by atoms with E-state index in [1.807, 2.05) is 0 Å². The van der Waals surface area contributed by atoms with Gasteiger partial charge in [0.15, 0.2) is 17.2 Å². The van der Waals surface area contributed by atoms with Crippen molar-refractivity contribution in [3.63, 3.8) is 0 Å². The van der Waals surface area contributed by atoms with Crippen LogP contribution in [0.5, 0.6) is 5.75 Å². The molecule has 0 spiro atoms. The zero-order valence-corrected chi connectivity index (χ0v) is 19.4. The summed E-state index contributed by atoms with van der Waals surface area (Å²) in [5.74, 6) is -8.93. The fourth-order valence-electron chi connectivity index (χ4n) is 3.88. The first-order valence-corrected chi connectivity index (χ1v) is 10.6. The van der Waals surface area contributed by atoms with Crippen molar-refractivity contribution >= 4 is 27.5 Å². The van der Waals surface area contributed by atoms with Gasteiger partial charge in [0, 0.05) is 29.3 Å². The van der Waals surface area contributed by atoms with Crippen molar-refractivity contribution < 1.29 is 45.0 Å². The van der Waals surface area contributed by atoms with Crippen molar-refractivity contribution in [2.45, 2.75) is 51.2 Å². The number of hydrogen-bond donors (Lipinski definition) is 1. The Morgan fingerprint density at radius 3 is 2.53 bits per heavy atom. The molecule has 5 nitrogen and oxygen atoms in total. The topological polar surface area (TPSA) is 60.5 Å². The van der Waals surface area contributed by atoms with E-state index in [4.69, 9.17) is 4.74 Å². The van der Waals surface area contributed by atoms with Crippen LogP contribution in [0.2, 0.25) is 0 Å². The SMILES string of the molecule is Cc1cnc(Br)cc1NC(=O)[C@@H]1O[C@@](C)(C(F)(F)F)[C@@H](C)[C@H]1c1ccc(F)c(F)c1OC(F)F. The first kappa shape index (κ1) is 26.2. The van der Waals surface area contributed by atoms with Crippen LogP contribution < -0.4 is 10.1 Å². The van der Waals surface area contributed by atoms with E-state index in [2.05, 4.69) is 31.0 Å². The van der Waals surface area contributed by atoms with E-state index < -0.39 is 65.2 Å². The van der Waals surface area contributed by atoms with E-state index in [0.717, 1.165) is 13.0 Å². The van der Waals surface area contributed by atoms with Crippen LogP contribution in [-0.4, -0.2) is 35.4 Å². The lowest BCUT2D eigenvalue weighted by Crippen LogP contribution is -2.47. The molecule has 1 amide bonds. The van der Waals surface area contributed by atoms with Crippen LogP contribution in [0.4, 0.5) is 36.4 Å². The molecule has 0 radical (unpaired) electrons. The predicted octanol–water partition coefficient (Wildman–Crippen LogP) is 6.11. The summed E-state index contributed by atoms with van der Waals surface area (Å²) in [6.45, 7) is -0.257. The Morgan fingerprint density at radius 1 is 1.29 bits per heavy atom. The van der Waals surface area contributed by atoms with Gasteiger partial charge in [-0.15, -0.1) is 0 Å². The van der Waals surface area contributed by atoms with E-state index in [0.29, 0.717) is 23.2 Å². The third-order valence-corrected chi connectivity index (χ3v) is 6.33. The van der Waals surface area contributed by atoms with Gasteiger partial charge in [-0.05, 0) is 47.5 Å². The predicted molar refractivity (Wildman–Crippen MR) is 110 cm³/mol. The van der Waals surface area contributed by atoms with Crippen molar-refractivity contribution in [2.24, 2.45) is 5.92 Å². The molecule has 34 heavy (non-hydrogen) atoms. The number of rotatable bonds is 5. The van der Waals surface area contributed by atoms with Gasteiger partial charge in [0.25, 0.3) is 5.91 Å². The number of nitrogens with zero attached hydrogens (tertiary/aromatic N) is 1. The van der Waals surface area contributed by atoms with Crippen LogP contribution >= 0.6 is 15.9 Å². The molecule has 1 fully saturated rings. The average molecular weight is 559 g/mol. The van der Waals surface area contributed by atoms with Crippen molar-refractivity contribution in [3.05, 3.63) is 51.8 Å². The third kappa shape index (κ3) is 4.72. The van der Waals surface area contributed by atoms with Crippen molar-refractivity contribution in [1.29, 1.82) is 0 Å². The van der Waals surface area contributed by atoms with E-state index in [1.165, 1.54) is 12.3 Å². The van der Waals surface area contributed by atoms with Gasteiger partial charge in [-0.25, -0.2) is 9.37 Å². The van der Waals surface area contributed by atoms with Gasteiger partial charge in [-0.1, -0.05) is 13.0 Å². The Bertz CT molecular complexity index is 1100. The summed E-state index contributed by atoms with van der Waals surface area (Å²) in [5, 5.41) is 2.43. The summed E-state index contributed by atoms with van der Waals surface area (Å²) in [6, 6.07) is 2.75. The minimum Gasteiger partial charge on any atom is -0.431 e. The molecule has 1 aliphatic rings. The summed E-state index contributed by atoms with van der Waals surface area (Å²) < 4.78 is 106. The van der Waals surface area contributed by atoms with Crippen molar-refractivity contribution in [3.8, 4) is 5.75 Å². The molecule has 1 saturated heterocycles. The first-order valence-electron chi connectivity index (χ1n) is 9.77. The normalized spacial score (nSPS) is 25.0. The Balaban J connectivity index is 2.13. The molecule has 0 unspecified atom stereocenters. The highest BCUT2D eigenvalue weighted by molar-refractivity contribution is 9.10. The monoisotopic (exact) mass is 558 g/mol. The minimum absolute atomic E-state index is 0.192. The quantitative estimate of drug-likeness (QED) is 0.355. The maximum Gasteiger partial charge on any atom is 0.417 e. The van der Waals surface area contributed by atoms with Gasteiger partial charge < -0.3 is 14.8 Å². The molecule has 1 N–H and O–H groups in total. The average Bonchev–Trinajstić information content (AvgIpc) is 3.00. The maximum atomic E-state index is 14.4. The number of aromatic nitrogens is 1. The molecule has 0 bridgehead atoms. The second-order valence-electron chi connectivity index (χ2n) is 7.93. The smallest absolute Gasteiger partial charge is 0.417 e. The standard InChI is InChI=1S/C21H18BrF7N2O3/c1-8-7-30-13(22)6-12(8)31-18(32)17-14(9(2)20(3,34-17)21(27,28)29)10-4-5-11(23)15(24)16(10)33-19(25)26/h4-7,9,14,17,19H,1-3H3,(H,30,31,32)/t9-,14-,17+,20+/m0/s1. The molecule has 4 atom stereocenters. The number of carbonyl (C=O) groups excluding carboxylic acids is 1. The number of carbonyl (C=O) groups is 1. The van der Waals surface area contributed by atoms with Crippen LogP contribution in [0.1, 0.15) is 30.9 Å². The van der Waals surface area contributed by atoms with Gasteiger partial charge in [0.05, 0.1) is 0 Å². The van der Waals surface area contributed by atoms with Crippen LogP contribution in [0.3, 0.4) is 0 Å². The van der Waals surface area contributed by atoms with Gasteiger partial charge >= 0.3 is 12.8 Å². The number of aryl methyl sites for hydroxylation is 1. The lowest BCUT2D eigenvalue weighted by Gasteiger charge is -2.32. The van der Waals surface area contributed by atoms with E-state index in [-0.39, 0.29) is 5.69 Å². The summed E-state index contributed by atoms with van der Waals surface area (Å²) in [5.41, 5.74) is -2.82. The summed E-state index contributed by atoms with van der Waals surface area (Å²) in [7, 11) is 0. The molecule has 3 rings (SSSR count). The molecule has 1 aromatic carbocycles. The second kappa shape index (κ2) is 9.33. The molecule has 0 aliphatic carbocycles. The largest absolute Gasteiger partial charge is 0.431 e. The lowest BCUT2D eigenvalue weighted by molar-refractivity contribution is -0.272. The molecule has 2 heterocycles. The molecule has 0 saturated carbocycles. The van der Waals surface area contributed by atoms with Crippen molar-refractivity contribution in [1.82, 2.24) is 4.98 Å². The second-order valence-corrected chi connectivity index (χ2v) is 8.74. The number of amides is 1. The van der Waals surface area contributed by atoms with Crippen LogP contribution in [0, 0.1) is 24.5 Å². The fourth-order valence-corrected chi connectivity index (χ4v) is 4.21. The van der Waals surface area contributed by atoms with Gasteiger partial charge in [0.2, 0.25) is 5.82 Å². The minimum atomic E-state index is -4.99. The van der Waals surface area contributed by atoms with Crippen molar-refractivity contribution in [2.75, 3.05) is 5.32 Å². The maximum absolute atomic E-state index is 14.4. The summed E-state index contributed by atoms with van der Waals surface area (Å²) >= 11 is 3.11. The molecule has 2 aromatic rings. The van der Waals surface area contributed by atoms with Crippen LogP contribution in [0.15, 0.2) is 29.0 Å². The van der Waals surface area contributed by atoms with Gasteiger partial charge in [0.1, 0.15) is 10.7 Å². The zero-order chi connectivity index (χ0) is 25.6. The number of benzene rings is 1. The number of ether oxygens (including phenoxy) is 2. The number of pyridine rings is 1. The van der Waals surface area contributed by atoms with Gasteiger partial charge in [-0.2, -0.15) is 26.3 Å². The molecule has 13 heteroatoms. The molecule has 186 valence electrons. The van der Waals surface area contributed by atoms with E-state index >= 15 is 0 Å². The van der Waals surface area contributed by atoms with E-state index in [9.17, 15) is 35.5 Å². The Kier molecular flexibility index (Phi) is 7.19. The highest BCUT2D eigenvalue weighted by Gasteiger charge is 2.66. The van der Waals surface area contributed by atoms with Crippen LogP contribution in [0.25, 0.3) is 0 Å². The Hall–Kier alpha value is -2.41. The zero-order valence-electron chi connectivity index (χ0n) is 17.8. The molecular weight excluding hydrogens is 541 g/mol. The number of alkyl halides is 5. The number of hydrogen-bond acceptors (Lipinski definition) is 4. The first-order chi connectivity index (χ1) is 15.7. The number of halogens is 8. The highest BCUT2D eigenvalue weighted by atomic mass is 79.9. The third-order valence-electron chi connectivity index (χ3n) is 5.90. The molecule has 1 aliphatic heterocycles. The Morgan fingerprint density at radius 2 is 1.94 bits per heavy atom. The Labute approximate surface area is 197 Å². The number of anilines is 1. The lowest BCUT2D eigenvalue weighted by atomic mass is 9.77.